The Kier molecular flexibility index (Phi) is 9.99. The lowest BCUT2D eigenvalue weighted by Gasteiger charge is -2.31. The molecule has 0 radical (unpaired) electrons. The minimum absolute atomic E-state index is 0. The Bertz CT molecular complexity index is 598. The van der Waals surface area contributed by atoms with Gasteiger partial charge in [0.25, 0.3) is 0 Å². The minimum Gasteiger partial charge on any atom is -0.391 e. The van der Waals surface area contributed by atoms with E-state index < -0.39 is 0 Å². The number of likely N-dealkylation sites (tertiary alicyclic amines) is 1. The van der Waals surface area contributed by atoms with Crippen molar-refractivity contribution in [3.05, 3.63) is 34.9 Å². The number of nitrogens with one attached hydrogen (secondary N) is 1. The average molecular weight is 402 g/mol. The summed E-state index contributed by atoms with van der Waals surface area (Å²) in [5.74, 6) is 0.679. The number of hydrogen-bond acceptors (Lipinski definition) is 4. The van der Waals surface area contributed by atoms with Crippen LogP contribution in [0.1, 0.15) is 38.7 Å². The average Bonchev–Trinajstić information content (AvgIpc) is 2.59. The van der Waals surface area contributed by atoms with Crippen LogP contribution in [0.3, 0.4) is 0 Å². The Morgan fingerprint density at radius 1 is 1.35 bits per heavy atom. The van der Waals surface area contributed by atoms with Gasteiger partial charge >= 0.3 is 0 Å². The second-order valence-electron chi connectivity index (χ2n) is 6.86. The van der Waals surface area contributed by atoms with Gasteiger partial charge in [0.15, 0.2) is 0 Å². The van der Waals surface area contributed by atoms with Gasteiger partial charge in [0.05, 0.1) is 11.8 Å². The number of nitrogens with zero attached hydrogens (tertiary/aromatic N) is 2. The van der Waals surface area contributed by atoms with E-state index in [1.807, 2.05) is 36.2 Å². The molecule has 1 atom stereocenters. The van der Waals surface area contributed by atoms with E-state index in [9.17, 15) is 4.79 Å². The maximum atomic E-state index is 12.6. The third-order valence-corrected chi connectivity index (χ3v) is 4.55. The summed E-state index contributed by atoms with van der Waals surface area (Å²) < 4.78 is 0. The van der Waals surface area contributed by atoms with Gasteiger partial charge in [0.1, 0.15) is 6.61 Å². The first kappa shape index (κ1) is 22.7. The Balaban J connectivity index is 0.00000338. The van der Waals surface area contributed by atoms with Crippen molar-refractivity contribution in [1.29, 1.82) is 0 Å². The van der Waals surface area contributed by atoms with Crippen LogP contribution in [0.25, 0.3) is 0 Å². The predicted octanol–water partition coefficient (Wildman–Crippen LogP) is 3.89. The zero-order chi connectivity index (χ0) is 18.2. The molecule has 0 spiro atoms. The normalized spacial score (nSPS) is 15.4. The van der Waals surface area contributed by atoms with Gasteiger partial charge in [-0.05, 0) is 37.1 Å². The van der Waals surface area contributed by atoms with Crippen LogP contribution in [0.15, 0.2) is 29.4 Å². The quantitative estimate of drug-likeness (QED) is 0.704. The molecule has 1 saturated heterocycles. The summed E-state index contributed by atoms with van der Waals surface area (Å²) in [6.07, 6.45) is 2.38. The fraction of sp³-hybridized carbons (Fsp3) is 0.579. The second kappa shape index (κ2) is 11.4. The first-order valence-corrected chi connectivity index (χ1v) is 9.25. The van der Waals surface area contributed by atoms with Crippen LogP contribution in [0.4, 0.5) is 0 Å². The summed E-state index contributed by atoms with van der Waals surface area (Å²) >= 11 is 5.95. The Labute approximate surface area is 167 Å². The van der Waals surface area contributed by atoms with E-state index in [4.69, 9.17) is 16.4 Å². The molecule has 26 heavy (non-hydrogen) atoms. The van der Waals surface area contributed by atoms with E-state index in [-0.39, 0.29) is 24.4 Å². The number of benzene rings is 1. The number of hydrogen-bond donors (Lipinski definition) is 1. The van der Waals surface area contributed by atoms with Gasteiger partial charge in [-0.3, -0.25) is 4.79 Å². The zero-order valence-corrected chi connectivity index (χ0v) is 17.3. The van der Waals surface area contributed by atoms with Crippen molar-refractivity contribution in [2.75, 3.05) is 20.1 Å². The molecule has 146 valence electrons. The highest BCUT2D eigenvalue weighted by Crippen LogP contribution is 2.14. The lowest BCUT2D eigenvalue weighted by Crippen LogP contribution is -2.48. The molecule has 1 aliphatic heterocycles. The Morgan fingerprint density at radius 3 is 2.62 bits per heavy atom. The van der Waals surface area contributed by atoms with Crippen molar-refractivity contribution in [3.8, 4) is 0 Å². The Hall–Kier alpha value is -1.30. The van der Waals surface area contributed by atoms with E-state index in [0.717, 1.165) is 30.5 Å². The number of oxime groups is 1. The minimum atomic E-state index is -0.0995. The summed E-state index contributed by atoms with van der Waals surface area (Å²) in [5.41, 5.74) is 2.01. The number of carbonyl (C=O) groups is 1. The molecule has 7 heteroatoms. The molecule has 1 aliphatic rings. The third-order valence-electron chi connectivity index (χ3n) is 4.32. The Morgan fingerprint density at radius 2 is 2.04 bits per heavy atom. The molecule has 5 nitrogen and oxygen atoms in total. The van der Waals surface area contributed by atoms with E-state index >= 15 is 0 Å². The van der Waals surface area contributed by atoms with E-state index in [2.05, 4.69) is 24.3 Å². The van der Waals surface area contributed by atoms with Crippen LogP contribution in [0.2, 0.25) is 5.02 Å². The zero-order valence-electron chi connectivity index (χ0n) is 15.7. The van der Waals surface area contributed by atoms with Crippen LogP contribution >= 0.6 is 24.0 Å². The van der Waals surface area contributed by atoms with Gasteiger partial charge in [-0.2, -0.15) is 0 Å². The number of likely N-dealkylation sites (N-methyl/N-ethyl adjacent to an activating group) is 1. The number of rotatable bonds is 7. The molecular weight excluding hydrogens is 373 g/mol. The molecule has 1 aromatic carbocycles. The monoisotopic (exact) mass is 401 g/mol. The standard InChI is InChI=1S/C19H28ClN3O2.ClH/c1-14(2)11-18(21-3)19(24)23-9-7-17(8-10-23)22-25-13-15-5-4-6-16(20)12-15;/h4-6,12,14,18,21H,7-11,13H2,1-3H3;1H. The number of amides is 1. The van der Waals surface area contributed by atoms with Crippen LogP contribution in [0.5, 0.6) is 0 Å². The van der Waals surface area contributed by atoms with Crippen LogP contribution in [0, 0.1) is 5.92 Å². The third kappa shape index (κ3) is 7.14. The highest BCUT2D eigenvalue weighted by molar-refractivity contribution is 6.30. The molecule has 1 unspecified atom stereocenters. The van der Waals surface area contributed by atoms with E-state index in [1.54, 1.807) is 0 Å². The summed E-state index contributed by atoms with van der Waals surface area (Å²) in [7, 11) is 1.85. The molecule has 0 aromatic heterocycles. The highest BCUT2D eigenvalue weighted by atomic mass is 35.5. The smallest absolute Gasteiger partial charge is 0.239 e. The lowest BCUT2D eigenvalue weighted by molar-refractivity contribution is -0.133. The van der Waals surface area contributed by atoms with E-state index in [1.165, 1.54) is 0 Å². The van der Waals surface area contributed by atoms with Gasteiger partial charge in [-0.1, -0.05) is 42.7 Å². The molecule has 1 fully saturated rings. The fourth-order valence-corrected chi connectivity index (χ4v) is 3.15. The largest absolute Gasteiger partial charge is 0.391 e. The van der Waals surface area contributed by atoms with Crippen molar-refractivity contribution in [1.82, 2.24) is 10.2 Å². The number of halogens is 2. The van der Waals surface area contributed by atoms with Crippen LogP contribution in [-0.4, -0.2) is 42.7 Å². The maximum Gasteiger partial charge on any atom is 0.239 e. The predicted molar refractivity (Wildman–Crippen MR) is 109 cm³/mol. The van der Waals surface area contributed by atoms with Gasteiger partial charge in [0, 0.05) is 31.0 Å². The van der Waals surface area contributed by atoms with Crippen molar-refractivity contribution in [3.63, 3.8) is 0 Å². The molecule has 0 aliphatic carbocycles. The van der Waals surface area contributed by atoms with Gasteiger partial charge in [-0.15, -0.1) is 12.4 Å². The molecule has 1 amide bonds. The summed E-state index contributed by atoms with van der Waals surface area (Å²) in [6, 6.07) is 7.46. The molecule has 1 N–H and O–H groups in total. The van der Waals surface area contributed by atoms with Gasteiger partial charge < -0.3 is 15.1 Å². The van der Waals surface area contributed by atoms with Gasteiger partial charge in [-0.25, -0.2) is 0 Å². The lowest BCUT2D eigenvalue weighted by atomic mass is 10.0. The van der Waals surface area contributed by atoms with Crippen molar-refractivity contribution >= 4 is 35.6 Å². The molecule has 1 heterocycles. The van der Waals surface area contributed by atoms with Crippen LogP contribution in [-0.2, 0) is 16.2 Å². The van der Waals surface area contributed by atoms with Crippen molar-refractivity contribution < 1.29 is 9.63 Å². The molecule has 0 saturated carbocycles. The molecule has 0 bridgehead atoms. The first-order valence-electron chi connectivity index (χ1n) is 8.87. The SMILES string of the molecule is CNC(CC(C)C)C(=O)N1CCC(=NOCc2cccc(Cl)c2)CC1.Cl. The molecule has 1 aromatic rings. The maximum absolute atomic E-state index is 12.6. The number of piperidine rings is 1. The summed E-state index contributed by atoms with van der Waals surface area (Å²) in [4.78, 5) is 20.0. The summed E-state index contributed by atoms with van der Waals surface area (Å²) in [5, 5.41) is 8.07. The highest BCUT2D eigenvalue weighted by Gasteiger charge is 2.26. The number of carbonyl (C=O) groups excluding carboxylic acids is 1. The van der Waals surface area contributed by atoms with Crippen molar-refractivity contribution in [2.45, 2.75) is 45.8 Å². The summed E-state index contributed by atoms with van der Waals surface area (Å²) in [6.45, 7) is 6.08. The second-order valence-corrected chi connectivity index (χ2v) is 7.29. The van der Waals surface area contributed by atoms with Crippen LogP contribution < -0.4 is 5.32 Å². The first-order chi connectivity index (χ1) is 12.0. The van der Waals surface area contributed by atoms with Gasteiger partial charge in [0.2, 0.25) is 5.91 Å². The molecule has 2 rings (SSSR count). The molecular formula is C19H29Cl2N3O2. The van der Waals surface area contributed by atoms with Crippen molar-refractivity contribution in [2.24, 2.45) is 11.1 Å². The topological polar surface area (TPSA) is 53.9 Å². The van der Waals surface area contributed by atoms with E-state index in [0.29, 0.717) is 30.6 Å². The fourth-order valence-electron chi connectivity index (χ4n) is 2.94.